The fourth-order valence-corrected chi connectivity index (χ4v) is 3.42. The van der Waals surface area contributed by atoms with Crippen LogP contribution in [0.3, 0.4) is 0 Å². The standard InChI is InChI=1S/C20H31N5O3S/c1-6-25(7-2)18-12-15(13-27-5)22-20(23-18)29-14-16-8-9-17(28-16)19(26)21-10-11-24(3)4/h8-9,12H,6-7,10-11,13-14H2,1-5H3,(H,21,26). The number of hydrogen-bond donors (Lipinski definition) is 1. The van der Waals surface area contributed by atoms with Crippen molar-refractivity contribution in [3.8, 4) is 0 Å². The third-order valence-electron chi connectivity index (χ3n) is 4.20. The first kappa shape index (κ1) is 23.2. The molecule has 0 bridgehead atoms. The van der Waals surface area contributed by atoms with Gasteiger partial charge in [-0.15, -0.1) is 0 Å². The van der Waals surface area contributed by atoms with Gasteiger partial charge in [0.15, 0.2) is 10.9 Å². The van der Waals surface area contributed by atoms with Crippen LogP contribution in [0.15, 0.2) is 27.8 Å². The van der Waals surface area contributed by atoms with E-state index in [1.807, 2.05) is 31.1 Å². The van der Waals surface area contributed by atoms with E-state index >= 15 is 0 Å². The fourth-order valence-electron chi connectivity index (χ4n) is 2.65. The number of anilines is 1. The molecule has 0 saturated carbocycles. The highest BCUT2D eigenvalue weighted by Gasteiger charge is 2.13. The van der Waals surface area contributed by atoms with E-state index in [-0.39, 0.29) is 5.91 Å². The van der Waals surface area contributed by atoms with Crippen molar-refractivity contribution >= 4 is 23.5 Å². The zero-order chi connectivity index (χ0) is 21.2. The maximum absolute atomic E-state index is 12.1. The second-order valence-electron chi connectivity index (χ2n) is 6.72. The van der Waals surface area contributed by atoms with Crippen molar-refractivity contribution in [3.63, 3.8) is 0 Å². The fraction of sp³-hybridized carbons (Fsp3) is 0.550. The molecule has 0 fully saturated rings. The highest BCUT2D eigenvalue weighted by Crippen LogP contribution is 2.24. The summed E-state index contributed by atoms with van der Waals surface area (Å²) in [7, 11) is 5.58. The first-order valence-corrected chi connectivity index (χ1v) is 10.7. The Morgan fingerprint density at radius 1 is 1.24 bits per heavy atom. The lowest BCUT2D eigenvalue weighted by Crippen LogP contribution is -2.31. The molecule has 8 nitrogen and oxygen atoms in total. The van der Waals surface area contributed by atoms with E-state index in [0.717, 1.165) is 31.1 Å². The smallest absolute Gasteiger partial charge is 0.287 e. The number of carbonyl (C=O) groups excluding carboxylic acids is 1. The predicted octanol–water partition coefficient (Wildman–Crippen LogP) is 2.65. The van der Waals surface area contributed by atoms with Crippen molar-refractivity contribution in [2.45, 2.75) is 31.4 Å². The number of nitrogens with zero attached hydrogens (tertiary/aromatic N) is 4. The molecule has 0 saturated heterocycles. The number of aromatic nitrogens is 2. The monoisotopic (exact) mass is 421 g/mol. The number of hydrogen-bond acceptors (Lipinski definition) is 8. The Bertz CT molecular complexity index is 777. The second-order valence-corrected chi connectivity index (χ2v) is 7.66. The molecule has 1 amide bonds. The molecule has 2 aromatic rings. The molecule has 0 spiro atoms. The van der Waals surface area contributed by atoms with Crippen molar-refractivity contribution in [3.05, 3.63) is 35.4 Å². The SMILES string of the molecule is CCN(CC)c1cc(COC)nc(SCc2ccc(C(=O)NCCN(C)C)o2)n1. The van der Waals surface area contributed by atoms with Gasteiger partial charge in [-0.1, -0.05) is 11.8 Å². The summed E-state index contributed by atoms with van der Waals surface area (Å²) in [6.45, 7) is 7.72. The molecule has 0 aliphatic heterocycles. The van der Waals surface area contributed by atoms with Crippen molar-refractivity contribution in [1.29, 1.82) is 0 Å². The largest absolute Gasteiger partial charge is 0.455 e. The van der Waals surface area contributed by atoms with Crippen molar-refractivity contribution in [2.24, 2.45) is 0 Å². The minimum Gasteiger partial charge on any atom is -0.455 e. The zero-order valence-electron chi connectivity index (χ0n) is 17.9. The predicted molar refractivity (Wildman–Crippen MR) is 115 cm³/mol. The third kappa shape index (κ3) is 7.34. The first-order chi connectivity index (χ1) is 14.0. The topological polar surface area (TPSA) is 83.7 Å². The summed E-state index contributed by atoms with van der Waals surface area (Å²) in [5.74, 6) is 2.25. The summed E-state index contributed by atoms with van der Waals surface area (Å²) in [4.78, 5) is 25.6. The van der Waals surface area contributed by atoms with Gasteiger partial charge < -0.3 is 24.3 Å². The van der Waals surface area contributed by atoms with Crippen LogP contribution in [0, 0.1) is 0 Å². The molecule has 0 atom stereocenters. The summed E-state index contributed by atoms with van der Waals surface area (Å²) in [6, 6.07) is 5.48. The Morgan fingerprint density at radius 3 is 2.66 bits per heavy atom. The van der Waals surface area contributed by atoms with E-state index in [9.17, 15) is 4.79 Å². The van der Waals surface area contributed by atoms with Gasteiger partial charge in [0.05, 0.1) is 18.1 Å². The molecule has 0 unspecified atom stereocenters. The normalized spacial score (nSPS) is 11.1. The lowest BCUT2D eigenvalue weighted by atomic mass is 10.3. The van der Waals surface area contributed by atoms with E-state index < -0.39 is 0 Å². The lowest BCUT2D eigenvalue weighted by molar-refractivity contribution is 0.0922. The average molecular weight is 422 g/mol. The van der Waals surface area contributed by atoms with Crippen LogP contribution >= 0.6 is 11.8 Å². The summed E-state index contributed by atoms with van der Waals surface area (Å²) < 4.78 is 10.9. The number of carbonyl (C=O) groups is 1. The number of rotatable bonds is 12. The molecule has 0 aliphatic rings. The molecule has 0 aliphatic carbocycles. The van der Waals surface area contributed by atoms with Gasteiger partial charge in [0.1, 0.15) is 11.6 Å². The van der Waals surface area contributed by atoms with E-state index in [2.05, 4.69) is 34.0 Å². The van der Waals surface area contributed by atoms with Gasteiger partial charge >= 0.3 is 0 Å². The van der Waals surface area contributed by atoms with Gasteiger partial charge in [-0.25, -0.2) is 9.97 Å². The van der Waals surface area contributed by atoms with Gasteiger partial charge in [0.2, 0.25) is 0 Å². The Morgan fingerprint density at radius 2 is 2.00 bits per heavy atom. The van der Waals surface area contributed by atoms with Crippen LogP contribution in [0.1, 0.15) is 35.9 Å². The molecular formula is C20H31N5O3S. The van der Waals surface area contributed by atoms with E-state index in [1.54, 1.807) is 13.2 Å². The number of methoxy groups -OCH3 is 1. The molecular weight excluding hydrogens is 390 g/mol. The zero-order valence-corrected chi connectivity index (χ0v) is 18.7. The van der Waals surface area contributed by atoms with Gasteiger partial charge in [-0.3, -0.25) is 4.79 Å². The van der Waals surface area contributed by atoms with Crippen molar-refractivity contribution in [2.75, 3.05) is 52.3 Å². The number of amides is 1. The van der Waals surface area contributed by atoms with Crippen LogP contribution in [0.5, 0.6) is 0 Å². The number of thioether (sulfide) groups is 1. The minimum atomic E-state index is -0.203. The van der Waals surface area contributed by atoms with Crippen molar-refractivity contribution in [1.82, 2.24) is 20.2 Å². The lowest BCUT2D eigenvalue weighted by Gasteiger charge is -2.20. The minimum absolute atomic E-state index is 0.203. The number of likely N-dealkylation sites (N-methyl/N-ethyl adjacent to an activating group) is 1. The van der Waals surface area contributed by atoms with Gasteiger partial charge in [0, 0.05) is 39.4 Å². The van der Waals surface area contributed by atoms with E-state index in [0.29, 0.717) is 35.6 Å². The van der Waals surface area contributed by atoms with E-state index in [4.69, 9.17) is 9.15 Å². The summed E-state index contributed by atoms with van der Waals surface area (Å²) >= 11 is 1.48. The van der Waals surface area contributed by atoms with Crippen LogP contribution in [0.2, 0.25) is 0 Å². The maximum Gasteiger partial charge on any atom is 0.287 e. The first-order valence-electron chi connectivity index (χ1n) is 9.73. The Kier molecular flexibility index (Phi) is 9.43. The van der Waals surface area contributed by atoms with Crippen LogP contribution in [0.4, 0.5) is 5.82 Å². The average Bonchev–Trinajstić information content (AvgIpc) is 3.16. The quantitative estimate of drug-likeness (QED) is 0.414. The van der Waals surface area contributed by atoms with E-state index in [1.165, 1.54) is 11.8 Å². The highest BCUT2D eigenvalue weighted by molar-refractivity contribution is 7.98. The molecule has 2 aromatic heterocycles. The van der Waals surface area contributed by atoms with Crippen molar-refractivity contribution < 1.29 is 13.9 Å². The number of ether oxygens (including phenoxy) is 1. The highest BCUT2D eigenvalue weighted by atomic mass is 32.2. The molecule has 0 radical (unpaired) electrons. The summed E-state index contributed by atoms with van der Waals surface area (Å²) in [5, 5.41) is 3.51. The Balaban J connectivity index is 2.02. The van der Waals surface area contributed by atoms with Gasteiger partial charge in [-0.2, -0.15) is 0 Å². The molecule has 2 rings (SSSR count). The van der Waals surface area contributed by atoms with Crippen LogP contribution < -0.4 is 10.2 Å². The molecule has 1 N–H and O–H groups in total. The van der Waals surface area contributed by atoms with Crippen LogP contribution in [-0.2, 0) is 17.1 Å². The molecule has 160 valence electrons. The third-order valence-corrected chi connectivity index (χ3v) is 5.07. The second kappa shape index (κ2) is 11.8. The molecule has 2 heterocycles. The van der Waals surface area contributed by atoms with Crippen LogP contribution in [-0.4, -0.2) is 68.2 Å². The Hall–Kier alpha value is -2.10. The number of furan rings is 1. The molecule has 9 heteroatoms. The maximum atomic E-state index is 12.1. The van der Waals surface area contributed by atoms with Gasteiger partial charge in [0.25, 0.3) is 5.91 Å². The Labute approximate surface area is 177 Å². The summed E-state index contributed by atoms with van der Waals surface area (Å²) in [6.07, 6.45) is 0. The van der Waals surface area contributed by atoms with Crippen LogP contribution in [0.25, 0.3) is 0 Å². The summed E-state index contributed by atoms with van der Waals surface area (Å²) in [5.41, 5.74) is 0.840. The molecule has 0 aromatic carbocycles. The molecule has 29 heavy (non-hydrogen) atoms. The van der Waals surface area contributed by atoms with Gasteiger partial charge in [-0.05, 0) is 40.1 Å². The number of nitrogens with one attached hydrogen (secondary N) is 1.